The minimum absolute atomic E-state index is 0.341. The summed E-state index contributed by atoms with van der Waals surface area (Å²) in [6.45, 7) is 0.341. The van der Waals surface area contributed by atoms with Crippen LogP contribution in [0.2, 0.25) is 5.02 Å². The van der Waals surface area contributed by atoms with E-state index in [1.807, 2.05) is 0 Å². The minimum atomic E-state index is -1.29. The molecule has 0 atom stereocenters. The number of rotatable bonds is 3. The first kappa shape index (κ1) is 11.6. The van der Waals surface area contributed by atoms with Gasteiger partial charge in [-0.2, -0.15) is 5.10 Å². The molecular formula is C11H8ClFN2O2. The van der Waals surface area contributed by atoms with Gasteiger partial charge in [0.15, 0.2) is 0 Å². The number of halogens is 2. The topological polar surface area (TPSA) is 55.1 Å². The highest BCUT2D eigenvalue weighted by atomic mass is 35.5. The molecular weight excluding hydrogens is 247 g/mol. The van der Waals surface area contributed by atoms with Gasteiger partial charge in [-0.1, -0.05) is 17.7 Å². The zero-order valence-corrected chi connectivity index (χ0v) is 9.36. The van der Waals surface area contributed by atoms with Crippen LogP contribution in [0.3, 0.4) is 0 Å². The summed E-state index contributed by atoms with van der Waals surface area (Å²) < 4.78 is 14.7. The summed E-state index contributed by atoms with van der Waals surface area (Å²) in [5.74, 6) is -2.04. The first-order valence-electron chi connectivity index (χ1n) is 4.76. The molecule has 0 bridgehead atoms. The standard InChI is InChI=1S/C11H8ClFN2O2/c12-8-4-14-15(6-8)5-7-1-2-10(13)9(3-7)11(16)17/h1-4,6H,5H2,(H,16,17). The molecule has 2 aromatic rings. The maximum atomic E-state index is 13.1. The monoisotopic (exact) mass is 254 g/mol. The van der Waals surface area contributed by atoms with Gasteiger partial charge in [-0.3, -0.25) is 4.68 Å². The quantitative estimate of drug-likeness (QED) is 0.915. The molecule has 0 unspecified atom stereocenters. The van der Waals surface area contributed by atoms with Gasteiger partial charge in [0.1, 0.15) is 5.82 Å². The summed E-state index contributed by atoms with van der Waals surface area (Å²) in [4.78, 5) is 10.7. The Hall–Kier alpha value is -1.88. The van der Waals surface area contributed by atoms with Crippen LogP contribution in [-0.2, 0) is 6.54 Å². The van der Waals surface area contributed by atoms with E-state index >= 15 is 0 Å². The van der Waals surface area contributed by atoms with E-state index in [0.29, 0.717) is 17.1 Å². The van der Waals surface area contributed by atoms with Gasteiger partial charge in [-0.05, 0) is 17.7 Å². The van der Waals surface area contributed by atoms with Crippen LogP contribution >= 0.6 is 11.6 Å². The van der Waals surface area contributed by atoms with Crippen LogP contribution in [0.25, 0.3) is 0 Å². The number of aromatic carboxylic acids is 1. The van der Waals surface area contributed by atoms with Crippen molar-refractivity contribution in [1.29, 1.82) is 0 Å². The lowest BCUT2D eigenvalue weighted by molar-refractivity contribution is 0.0691. The lowest BCUT2D eigenvalue weighted by Gasteiger charge is -2.04. The Morgan fingerprint density at radius 1 is 1.53 bits per heavy atom. The number of hydrogen-bond donors (Lipinski definition) is 1. The molecule has 0 radical (unpaired) electrons. The van der Waals surface area contributed by atoms with Gasteiger partial charge in [0, 0.05) is 6.20 Å². The molecule has 1 aromatic heterocycles. The van der Waals surface area contributed by atoms with E-state index in [9.17, 15) is 9.18 Å². The molecule has 0 spiro atoms. The molecule has 0 fully saturated rings. The molecule has 0 aliphatic carbocycles. The van der Waals surface area contributed by atoms with Crippen LogP contribution < -0.4 is 0 Å². The molecule has 0 amide bonds. The number of nitrogens with zero attached hydrogens (tertiary/aromatic N) is 2. The Morgan fingerprint density at radius 3 is 2.88 bits per heavy atom. The highest BCUT2D eigenvalue weighted by Crippen LogP contribution is 2.13. The predicted molar refractivity (Wildman–Crippen MR) is 59.7 cm³/mol. The molecule has 2 rings (SSSR count). The van der Waals surface area contributed by atoms with E-state index in [2.05, 4.69) is 5.10 Å². The third kappa shape index (κ3) is 2.62. The van der Waals surface area contributed by atoms with Crippen molar-refractivity contribution in [2.75, 3.05) is 0 Å². The molecule has 0 aliphatic heterocycles. The van der Waals surface area contributed by atoms with Crippen molar-refractivity contribution in [3.05, 3.63) is 52.6 Å². The highest BCUT2D eigenvalue weighted by Gasteiger charge is 2.11. The van der Waals surface area contributed by atoms with Crippen LogP contribution in [0.1, 0.15) is 15.9 Å². The van der Waals surface area contributed by atoms with Crippen molar-refractivity contribution < 1.29 is 14.3 Å². The maximum absolute atomic E-state index is 13.1. The van der Waals surface area contributed by atoms with Crippen molar-refractivity contribution in [2.45, 2.75) is 6.54 Å². The Morgan fingerprint density at radius 2 is 2.29 bits per heavy atom. The fourth-order valence-electron chi connectivity index (χ4n) is 1.45. The van der Waals surface area contributed by atoms with Crippen molar-refractivity contribution in [2.24, 2.45) is 0 Å². The molecule has 4 nitrogen and oxygen atoms in total. The fourth-order valence-corrected chi connectivity index (χ4v) is 1.60. The average Bonchev–Trinajstić information content (AvgIpc) is 2.66. The Balaban J connectivity index is 2.28. The highest BCUT2D eigenvalue weighted by molar-refractivity contribution is 6.30. The Kier molecular flexibility index (Phi) is 3.10. The minimum Gasteiger partial charge on any atom is -0.478 e. The number of carboxylic acids is 1. The molecule has 0 saturated heterocycles. The summed E-state index contributed by atoms with van der Waals surface area (Å²) >= 11 is 5.70. The van der Waals surface area contributed by atoms with E-state index in [1.54, 1.807) is 10.9 Å². The first-order chi connectivity index (χ1) is 8.06. The Bertz CT molecular complexity index is 568. The summed E-state index contributed by atoms with van der Waals surface area (Å²) in [5.41, 5.74) is 0.296. The number of hydrogen-bond acceptors (Lipinski definition) is 2. The van der Waals surface area contributed by atoms with Gasteiger partial charge in [0.25, 0.3) is 0 Å². The molecule has 1 N–H and O–H groups in total. The summed E-state index contributed by atoms with van der Waals surface area (Å²) in [5, 5.41) is 13.2. The van der Waals surface area contributed by atoms with Crippen LogP contribution in [0, 0.1) is 5.82 Å². The number of carbonyl (C=O) groups is 1. The number of carboxylic acid groups (broad SMARTS) is 1. The second-order valence-corrected chi connectivity index (χ2v) is 3.91. The van der Waals surface area contributed by atoms with E-state index in [-0.39, 0.29) is 5.56 Å². The van der Waals surface area contributed by atoms with E-state index in [0.717, 1.165) is 6.07 Å². The molecule has 1 aromatic carbocycles. The lowest BCUT2D eigenvalue weighted by Crippen LogP contribution is -2.05. The Labute approximate surface area is 101 Å². The maximum Gasteiger partial charge on any atom is 0.338 e. The van der Waals surface area contributed by atoms with Crippen LogP contribution in [0.15, 0.2) is 30.6 Å². The van der Waals surface area contributed by atoms with Crippen LogP contribution in [0.5, 0.6) is 0 Å². The SMILES string of the molecule is O=C(O)c1cc(Cn2cc(Cl)cn2)ccc1F. The molecule has 6 heteroatoms. The predicted octanol–water partition coefficient (Wildman–Crippen LogP) is 2.42. The van der Waals surface area contributed by atoms with Crippen LogP contribution in [0.4, 0.5) is 4.39 Å². The van der Waals surface area contributed by atoms with Crippen molar-refractivity contribution in [1.82, 2.24) is 9.78 Å². The van der Waals surface area contributed by atoms with Crippen molar-refractivity contribution in [3.8, 4) is 0 Å². The van der Waals surface area contributed by atoms with Gasteiger partial charge in [0.05, 0.1) is 23.3 Å². The molecule has 1 heterocycles. The smallest absolute Gasteiger partial charge is 0.338 e. The average molecular weight is 255 g/mol. The van der Waals surface area contributed by atoms with Gasteiger partial charge in [-0.25, -0.2) is 9.18 Å². The molecule has 0 saturated carbocycles. The fraction of sp³-hybridized carbons (Fsp3) is 0.0909. The summed E-state index contributed by atoms with van der Waals surface area (Å²) in [6.07, 6.45) is 3.08. The number of aromatic nitrogens is 2. The largest absolute Gasteiger partial charge is 0.478 e. The van der Waals surface area contributed by atoms with Crippen molar-refractivity contribution in [3.63, 3.8) is 0 Å². The third-order valence-corrected chi connectivity index (χ3v) is 2.40. The van der Waals surface area contributed by atoms with E-state index in [1.165, 1.54) is 18.3 Å². The molecule has 0 aliphatic rings. The summed E-state index contributed by atoms with van der Waals surface area (Å²) in [6, 6.07) is 3.93. The van der Waals surface area contributed by atoms with Gasteiger partial charge in [-0.15, -0.1) is 0 Å². The second kappa shape index (κ2) is 4.55. The van der Waals surface area contributed by atoms with Gasteiger partial charge < -0.3 is 5.11 Å². The first-order valence-corrected chi connectivity index (χ1v) is 5.14. The van der Waals surface area contributed by atoms with Gasteiger partial charge >= 0.3 is 5.97 Å². The van der Waals surface area contributed by atoms with Crippen molar-refractivity contribution >= 4 is 17.6 Å². The zero-order valence-electron chi connectivity index (χ0n) is 8.60. The molecule has 17 heavy (non-hydrogen) atoms. The van der Waals surface area contributed by atoms with E-state index < -0.39 is 11.8 Å². The normalized spacial score (nSPS) is 10.5. The third-order valence-electron chi connectivity index (χ3n) is 2.21. The zero-order chi connectivity index (χ0) is 12.4. The van der Waals surface area contributed by atoms with Crippen LogP contribution in [-0.4, -0.2) is 20.9 Å². The second-order valence-electron chi connectivity index (χ2n) is 3.48. The number of benzene rings is 1. The summed E-state index contributed by atoms with van der Waals surface area (Å²) in [7, 11) is 0. The van der Waals surface area contributed by atoms with E-state index in [4.69, 9.17) is 16.7 Å². The van der Waals surface area contributed by atoms with Gasteiger partial charge in [0.2, 0.25) is 0 Å². The molecule has 88 valence electrons. The lowest BCUT2D eigenvalue weighted by atomic mass is 10.1.